The zero-order chi connectivity index (χ0) is 15.9. The van der Waals surface area contributed by atoms with Gasteiger partial charge in [-0.15, -0.1) is 30.6 Å². The van der Waals surface area contributed by atoms with Crippen LogP contribution < -0.4 is 5.32 Å². The van der Waals surface area contributed by atoms with Crippen molar-refractivity contribution in [2.24, 2.45) is 4.99 Å². The van der Waals surface area contributed by atoms with E-state index in [0.29, 0.717) is 0 Å². The minimum atomic E-state index is 0. The molecule has 0 aromatic carbocycles. The Hall–Kier alpha value is -0.340. The third-order valence-electron chi connectivity index (χ3n) is 3.23. The summed E-state index contributed by atoms with van der Waals surface area (Å²) >= 11 is 0. The fourth-order valence-electron chi connectivity index (χ4n) is 1.93. The minimum absolute atomic E-state index is 0. The predicted molar refractivity (Wildman–Crippen MR) is 107 cm³/mol. The van der Waals surface area contributed by atoms with Crippen molar-refractivity contribution in [2.75, 3.05) is 60.5 Å². The second-order valence-corrected chi connectivity index (χ2v) is 5.24. The molecule has 6 heteroatoms. The Kier molecular flexibility index (Phi) is 18.5. The molecule has 0 atom stereocenters. The van der Waals surface area contributed by atoms with E-state index >= 15 is 0 Å². The van der Waals surface area contributed by atoms with Crippen LogP contribution >= 0.6 is 24.0 Å². The number of guanidine groups is 1. The molecule has 0 fully saturated rings. The number of ether oxygens (including phenoxy) is 1. The van der Waals surface area contributed by atoms with Crippen molar-refractivity contribution in [1.29, 1.82) is 0 Å². The number of unbranched alkanes of at least 4 members (excludes halogenated alkanes) is 1. The standard InChI is InChI=1S/C16H34N4O.HI/c1-6-8-9-13-20(4)16(17-7-2)18-11-10-12-19(3)14-15-21-5;/h6H,1,7-15H2,2-5H3,(H,17,18);1H. The molecule has 0 aliphatic carbocycles. The van der Waals surface area contributed by atoms with Gasteiger partial charge in [0.05, 0.1) is 6.61 Å². The lowest BCUT2D eigenvalue weighted by Gasteiger charge is -2.22. The molecule has 0 heterocycles. The molecule has 0 saturated carbocycles. The second kappa shape index (κ2) is 17.0. The number of hydrogen-bond donors (Lipinski definition) is 1. The van der Waals surface area contributed by atoms with E-state index in [-0.39, 0.29) is 24.0 Å². The van der Waals surface area contributed by atoms with Gasteiger partial charge in [0, 0.05) is 40.3 Å². The zero-order valence-electron chi connectivity index (χ0n) is 14.8. The van der Waals surface area contributed by atoms with Gasteiger partial charge in [0.2, 0.25) is 0 Å². The molecule has 22 heavy (non-hydrogen) atoms. The summed E-state index contributed by atoms with van der Waals surface area (Å²) < 4.78 is 5.07. The fraction of sp³-hybridized carbons (Fsp3) is 0.812. The Labute approximate surface area is 154 Å². The third-order valence-corrected chi connectivity index (χ3v) is 3.23. The lowest BCUT2D eigenvalue weighted by molar-refractivity contribution is 0.161. The van der Waals surface area contributed by atoms with Gasteiger partial charge in [0.1, 0.15) is 0 Å². The van der Waals surface area contributed by atoms with Crippen LogP contribution in [0.1, 0.15) is 26.2 Å². The van der Waals surface area contributed by atoms with Crippen LogP contribution in [0, 0.1) is 0 Å². The molecule has 0 radical (unpaired) electrons. The normalized spacial score (nSPS) is 11.2. The number of nitrogens with one attached hydrogen (secondary N) is 1. The maximum atomic E-state index is 5.07. The summed E-state index contributed by atoms with van der Waals surface area (Å²) in [6, 6.07) is 0. The van der Waals surface area contributed by atoms with Gasteiger partial charge in [0.15, 0.2) is 5.96 Å². The van der Waals surface area contributed by atoms with Gasteiger partial charge < -0.3 is 19.9 Å². The van der Waals surface area contributed by atoms with Crippen molar-refractivity contribution in [2.45, 2.75) is 26.2 Å². The van der Waals surface area contributed by atoms with Gasteiger partial charge in [-0.1, -0.05) is 6.08 Å². The molecule has 0 saturated heterocycles. The van der Waals surface area contributed by atoms with Gasteiger partial charge in [-0.25, -0.2) is 0 Å². The van der Waals surface area contributed by atoms with Crippen LogP contribution in [0.4, 0.5) is 0 Å². The SMILES string of the molecule is C=CCCCN(C)C(=NCCCN(C)CCOC)NCC.I. The molecule has 1 N–H and O–H groups in total. The zero-order valence-corrected chi connectivity index (χ0v) is 17.1. The van der Waals surface area contributed by atoms with E-state index in [1.165, 1.54) is 0 Å². The minimum Gasteiger partial charge on any atom is -0.383 e. The summed E-state index contributed by atoms with van der Waals surface area (Å²) in [5, 5.41) is 3.35. The molecule has 0 rings (SSSR count). The highest BCUT2D eigenvalue weighted by Gasteiger charge is 2.04. The average Bonchev–Trinajstić information content (AvgIpc) is 2.48. The number of halogens is 1. The van der Waals surface area contributed by atoms with Crippen molar-refractivity contribution in [3.8, 4) is 0 Å². The molecule has 0 spiro atoms. The smallest absolute Gasteiger partial charge is 0.193 e. The van der Waals surface area contributed by atoms with Gasteiger partial charge in [-0.3, -0.25) is 4.99 Å². The van der Waals surface area contributed by atoms with Crippen molar-refractivity contribution >= 4 is 29.9 Å². The maximum absolute atomic E-state index is 5.07. The second-order valence-electron chi connectivity index (χ2n) is 5.24. The van der Waals surface area contributed by atoms with Crippen LogP contribution in [0.15, 0.2) is 17.6 Å². The highest BCUT2D eigenvalue weighted by atomic mass is 127. The van der Waals surface area contributed by atoms with Crippen LogP contribution in [0.25, 0.3) is 0 Å². The molecular formula is C16H35IN4O. The van der Waals surface area contributed by atoms with Gasteiger partial charge in [-0.05, 0) is 39.8 Å². The van der Waals surface area contributed by atoms with E-state index in [2.05, 4.69) is 42.7 Å². The van der Waals surface area contributed by atoms with Crippen LogP contribution in [-0.2, 0) is 4.74 Å². The van der Waals surface area contributed by atoms with Crippen molar-refractivity contribution < 1.29 is 4.74 Å². The number of hydrogen-bond acceptors (Lipinski definition) is 3. The Balaban J connectivity index is 0. The largest absolute Gasteiger partial charge is 0.383 e. The monoisotopic (exact) mass is 426 g/mol. The number of methoxy groups -OCH3 is 1. The number of nitrogens with zero attached hydrogens (tertiary/aromatic N) is 3. The average molecular weight is 426 g/mol. The Morgan fingerprint density at radius 1 is 1.23 bits per heavy atom. The molecule has 0 bridgehead atoms. The van der Waals surface area contributed by atoms with E-state index in [1.54, 1.807) is 7.11 Å². The first-order valence-electron chi connectivity index (χ1n) is 7.93. The summed E-state index contributed by atoms with van der Waals surface area (Å²) in [6.45, 7) is 11.4. The molecule has 0 aromatic rings. The topological polar surface area (TPSA) is 40.1 Å². The molecule has 0 amide bonds. The number of likely N-dealkylation sites (N-methyl/N-ethyl adjacent to an activating group) is 1. The number of rotatable bonds is 12. The van der Waals surface area contributed by atoms with E-state index < -0.39 is 0 Å². The highest BCUT2D eigenvalue weighted by Crippen LogP contribution is 1.96. The van der Waals surface area contributed by atoms with Gasteiger partial charge >= 0.3 is 0 Å². The number of allylic oxidation sites excluding steroid dienone is 1. The first-order chi connectivity index (χ1) is 10.2. The molecule has 132 valence electrons. The van der Waals surface area contributed by atoms with Crippen molar-refractivity contribution in [3.63, 3.8) is 0 Å². The van der Waals surface area contributed by atoms with E-state index in [4.69, 9.17) is 9.73 Å². The Bertz CT molecular complexity index is 287. The van der Waals surface area contributed by atoms with Crippen LogP contribution in [0.3, 0.4) is 0 Å². The summed E-state index contributed by atoms with van der Waals surface area (Å²) in [4.78, 5) is 9.17. The lowest BCUT2D eigenvalue weighted by atomic mass is 10.3. The molecular weight excluding hydrogens is 391 g/mol. The van der Waals surface area contributed by atoms with E-state index in [1.807, 2.05) is 6.08 Å². The summed E-state index contributed by atoms with van der Waals surface area (Å²) in [7, 11) is 5.95. The molecule has 0 aliphatic heterocycles. The Morgan fingerprint density at radius 3 is 2.55 bits per heavy atom. The highest BCUT2D eigenvalue weighted by molar-refractivity contribution is 14.0. The summed E-state index contributed by atoms with van der Waals surface area (Å²) in [6.07, 6.45) is 5.20. The number of aliphatic imine (C=N–C) groups is 1. The molecule has 0 unspecified atom stereocenters. The summed E-state index contributed by atoms with van der Waals surface area (Å²) in [5.74, 6) is 1.00. The Morgan fingerprint density at radius 2 is 1.95 bits per heavy atom. The van der Waals surface area contributed by atoms with E-state index in [0.717, 1.165) is 64.6 Å². The first kappa shape index (κ1) is 23.9. The maximum Gasteiger partial charge on any atom is 0.193 e. The fourth-order valence-corrected chi connectivity index (χ4v) is 1.93. The first-order valence-corrected chi connectivity index (χ1v) is 7.93. The van der Waals surface area contributed by atoms with E-state index in [9.17, 15) is 0 Å². The van der Waals surface area contributed by atoms with Crippen molar-refractivity contribution in [3.05, 3.63) is 12.7 Å². The third kappa shape index (κ3) is 13.3. The molecule has 0 aliphatic rings. The molecule has 5 nitrogen and oxygen atoms in total. The van der Waals surface area contributed by atoms with Crippen molar-refractivity contribution in [1.82, 2.24) is 15.1 Å². The van der Waals surface area contributed by atoms with Crippen LogP contribution in [-0.4, -0.2) is 76.3 Å². The summed E-state index contributed by atoms with van der Waals surface area (Å²) in [5.41, 5.74) is 0. The van der Waals surface area contributed by atoms with Gasteiger partial charge in [-0.2, -0.15) is 0 Å². The van der Waals surface area contributed by atoms with Crippen LogP contribution in [0.5, 0.6) is 0 Å². The lowest BCUT2D eigenvalue weighted by Crippen LogP contribution is -2.39. The molecule has 0 aromatic heterocycles. The van der Waals surface area contributed by atoms with Crippen LogP contribution in [0.2, 0.25) is 0 Å². The quantitative estimate of drug-likeness (QED) is 0.171. The predicted octanol–water partition coefficient (Wildman–Crippen LogP) is 2.44. The van der Waals surface area contributed by atoms with Gasteiger partial charge in [0.25, 0.3) is 0 Å².